The van der Waals surface area contributed by atoms with E-state index in [2.05, 4.69) is 20.9 Å². The summed E-state index contributed by atoms with van der Waals surface area (Å²) in [4.78, 5) is 44.2. The monoisotopic (exact) mass is 422 g/mol. The molecule has 2 amide bonds. The third kappa shape index (κ3) is 4.69. The van der Waals surface area contributed by atoms with Crippen LogP contribution in [0, 0.1) is 0 Å². The SMILES string of the molecule is CCN(CC)C(=O)CN(C)C(=O)CCn1cnc2ccc(Br)cc2c1=O. The summed E-state index contributed by atoms with van der Waals surface area (Å²) < 4.78 is 2.22. The third-order valence-corrected chi connectivity index (χ3v) is 4.76. The highest BCUT2D eigenvalue weighted by molar-refractivity contribution is 9.10. The Bertz CT molecular complexity index is 861. The van der Waals surface area contributed by atoms with E-state index in [-0.39, 0.29) is 36.9 Å². The van der Waals surface area contributed by atoms with Gasteiger partial charge in [-0.25, -0.2) is 4.98 Å². The van der Waals surface area contributed by atoms with Crippen LogP contribution in [0.1, 0.15) is 20.3 Å². The third-order valence-electron chi connectivity index (χ3n) is 4.27. The summed E-state index contributed by atoms with van der Waals surface area (Å²) in [7, 11) is 1.60. The summed E-state index contributed by atoms with van der Waals surface area (Å²) in [5, 5.41) is 0.499. The molecule has 0 aliphatic heterocycles. The standard InChI is InChI=1S/C18H23BrN4O3/c1-4-22(5-2)17(25)11-21(3)16(24)8-9-23-12-20-15-7-6-13(19)10-14(15)18(23)26/h6-7,10,12H,4-5,8-9,11H2,1-3H3. The van der Waals surface area contributed by atoms with Gasteiger partial charge >= 0.3 is 0 Å². The average molecular weight is 423 g/mol. The van der Waals surface area contributed by atoms with Gasteiger partial charge in [0.25, 0.3) is 5.56 Å². The second-order valence-electron chi connectivity index (χ2n) is 5.97. The Morgan fingerprint density at radius 3 is 2.54 bits per heavy atom. The molecule has 1 aromatic heterocycles. The number of likely N-dealkylation sites (N-methyl/N-ethyl adjacent to an activating group) is 2. The maximum absolute atomic E-state index is 12.5. The van der Waals surface area contributed by atoms with E-state index in [0.29, 0.717) is 24.0 Å². The van der Waals surface area contributed by atoms with E-state index in [9.17, 15) is 14.4 Å². The number of hydrogen-bond acceptors (Lipinski definition) is 4. The topological polar surface area (TPSA) is 75.5 Å². The number of fused-ring (bicyclic) bond motifs is 1. The van der Waals surface area contributed by atoms with Crippen molar-refractivity contribution in [2.45, 2.75) is 26.8 Å². The summed E-state index contributed by atoms with van der Waals surface area (Å²) in [5.41, 5.74) is 0.425. The molecule has 1 heterocycles. The molecule has 26 heavy (non-hydrogen) atoms. The lowest BCUT2D eigenvalue weighted by Gasteiger charge is -2.23. The van der Waals surface area contributed by atoms with Crippen molar-refractivity contribution in [2.24, 2.45) is 0 Å². The molecule has 0 N–H and O–H groups in total. The first-order valence-electron chi connectivity index (χ1n) is 8.53. The van der Waals surface area contributed by atoms with Crippen molar-refractivity contribution in [1.29, 1.82) is 0 Å². The molecule has 8 heteroatoms. The lowest BCUT2D eigenvalue weighted by atomic mass is 10.2. The molecule has 0 atom stereocenters. The molecule has 140 valence electrons. The molecule has 0 unspecified atom stereocenters. The van der Waals surface area contributed by atoms with E-state index < -0.39 is 0 Å². The van der Waals surface area contributed by atoms with Crippen LogP contribution in [0.4, 0.5) is 0 Å². The number of aromatic nitrogens is 2. The minimum atomic E-state index is -0.189. The van der Waals surface area contributed by atoms with Crippen molar-refractivity contribution in [3.05, 3.63) is 39.4 Å². The molecule has 0 aliphatic carbocycles. The van der Waals surface area contributed by atoms with Gasteiger partial charge in [0.05, 0.1) is 23.8 Å². The fourth-order valence-electron chi connectivity index (χ4n) is 2.66. The van der Waals surface area contributed by atoms with E-state index in [1.165, 1.54) is 15.8 Å². The number of amides is 2. The minimum Gasteiger partial charge on any atom is -0.342 e. The van der Waals surface area contributed by atoms with Crippen LogP contribution < -0.4 is 5.56 Å². The maximum Gasteiger partial charge on any atom is 0.261 e. The Labute approximate surface area is 160 Å². The summed E-state index contributed by atoms with van der Waals surface area (Å²) in [5.74, 6) is -0.271. The van der Waals surface area contributed by atoms with Crippen molar-refractivity contribution in [2.75, 3.05) is 26.7 Å². The molecule has 0 fully saturated rings. The van der Waals surface area contributed by atoms with Gasteiger partial charge in [0.2, 0.25) is 11.8 Å². The maximum atomic E-state index is 12.5. The van der Waals surface area contributed by atoms with Crippen molar-refractivity contribution in [3.8, 4) is 0 Å². The molecule has 2 rings (SSSR count). The zero-order valence-corrected chi connectivity index (χ0v) is 16.8. The Hall–Kier alpha value is -2.22. The quantitative estimate of drug-likeness (QED) is 0.682. The minimum absolute atomic E-state index is 0.0400. The highest BCUT2D eigenvalue weighted by Crippen LogP contribution is 2.14. The first-order valence-corrected chi connectivity index (χ1v) is 9.33. The molecular weight excluding hydrogens is 400 g/mol. The molecule has 0 aliphatic rings. The Morgan fingerprint density at radius 1 is 1.19 bits per heavy atom. The number of aryl methyl sites for hydroxylation is 1. The normalized spacial score (nSPS) is 10.8. The molecule has 0 bridgehead atoms. The molecule has 1 aromatic carbocycles. The zero-order valence-electron chi connectivity index (χ0n) is 15.2. The van der Waals surface area contributed by atoms with E-state index in [1.807, 2.05) is 19.9 Å². The molecule has 0 spiro atoms. The van der Waals surface area contributed by atoms with Crippen LogP contribution in [-0.4, -0.2) is 57.8 Å². The number of rotatable bonds is 7. The lowest BCUT2D eigenvalue weighted by molar-refractivity contribution is -0.139. The van der Waals surface area contributed by atoms with Gasteiger partial charge in [0.15, 0.2) is 0 Å². The fourth-order valence-corrected chi connectivity index (χ4v) is 3.03. The van der Waals surface area contributed by atoms with Gasteiger partial charge in [0, 0.05) is 37.6 Å². The summed E-state index contributed by atoms with van der Waals surface area (Å²) in [6.07, 6.45) is 1.58. The molecule has 0 saturated carbocycles. The van der Waals surface area contributed by atoms with Crippen molar-refractivity contribution >= 4 is 38.6 Å². The Balaban J connectivity index is 2.03. The predicted molar refractivity (Wildman–Crippen MR) is 104 cm³/mol. The van der Waals surface area contributed by atoms with Gasteiger partial charge in [-0.3, -0.25) is 19.0 Å². The van der Waals surface area contributed by atoms with Crippen LogP contribution >= 0.6 is 15.9 Å². The summed E-state index contributed by atoms with van der Waals surface area (Å²) in [6, 6.07) is 5.31. The Morgan fingerprint density at radius 2 is 1.88 bits per heavy atom. The lowest BCUT2D eigenvalue weighted by Crippen LogP contribution is -2.41. The number of carbonyl (C=O) groups excluding carboxylic acids is 2. The number of nitrogens with zero attached hydrogens (tertiary/aromatic N) is 4. The average Bonchev–Trinajstić information content (AvgIpc) is 2.62. The van der Waals surface area contributed by atoms with Crippen molar-refractivity contribution < 1.29 is 9.59 Å². The van der Waals surface area contributed by atoms with Crippen molar-refractivity contribution in [3.63, 3.8) is 0 Å². The predicted octanol–water partition coefficient (Wildman–Crippen LogP) is 1.88. The van der Waals surface area contributed by atoms with Gasteiger partial charge < -0.3 is 9.80 Å². The smallest absolute Gasteiger partial charge is 0.261 e. The van der Waals surface area contributed by atoms with Crippen LogP contribution in [0.15, 0.2) is 33.8 Å². The van der Waals surface area contributed by atoms with E-state index in [4.69, 9.17) is 0 Å². The summed E-state index contributed by atoms with van der Waals surface area (Å²) >= 11 is 3.35. The number of benzene rings is 1. The van der Waals surface area contributed by atoms with Gasteiger partial charge in [-0.05, 0) is 32.0 Å². The van der Waals surface area contributed by atoms with Crippen molar-refractivity contribution in [1.82, 2.24) is 19.4 Å². The fraction of sp³-hybridized carbons (Fsp3) is 0.444. The van der Waals surface area contributed by atoms with E-state index in [1.54, 1.807) is 24.1 Å². The van der Waals surface area contributed by atoms with Gasteiger partial charge in [-0.1, -0.05) is 15.9 Å². The molecule has 0 radical (unpaired) electrons. The van der Waals surface area contributed by atoms with Gasteiger partial charge in [-0.15, -0.1) is 0 Å². The van der Waals surface area contributed by atoms with Gasteiger partial charge in [0.1, 0.15) is 0 Å². The molecule has 0 saturated heterocycles. The Kier molecular flexibility index (Phi) is 6.90. The van der Waals surface area contributed by atoms with Crippen LogP contribution in [0.5, 0.6) is 0 Å². The molecular formula is C18H23BrN4O3. The highest BCUT2D eigenvalue weighted by atomic mass is 79.9. The van der Waals surface area contributed by atoms with E-state index >= 15 is 0 Å². The second kappa shape index (κ2) is 8.93. The largest absolute Gasteiger partial charge is 0.342 e. The molecule has 7 nitrogen and oxygen atoms in total. The second-order valence-corrected chi connectivity index (χ2v) is 6.89. The van der Waals surface area contributed by atoms with Crippen LogP contribution in [0.3, 0.4) is 0 Å². The first kappa shape index (κ1) is 20.1. The number of hydrogen-bond donors (Lipinski definition) is 0. The van der Waals surface area contributed by atoms with E-state index in [0.717, 1.165) is 4.47 Å². The number of halogens is 1. The number of carbonyl (C=O) groups is 2. The zero-order chi connectivity index (χ0) is 19.3. The van der Waals surface area contributed by atoms with Crippen LogP contribution in [0.25, 0.3) is 10.9 Å². The van der Waals surface area contributed by atoms with Crippen LogP contribution in [-0.2, 0) is 16.1 Å². The summed E-state index contributed by atoms with van der Waals surface area (Å²) in [6.45, 7) is 5.30. The first-order chi connectivity index (χ1) is 12.4. The highest BCUT2D eigenvalue weighted by Gasteiger charge is 2.16. The molecule has 2 aromatic rings. The van der Waals surface area contributed by atoms with Gasteiger partial charge in [-0.2, -0.15) is 0 Å². The van der Waals surface area contributed by atoms with Crippen LogP contribution in [0.2, 0.25) is 0 Å².